The number of carboxylic acids is 2. The largest absolute Gasteiger partial charge is 0.477 e. The molecule has 0 aromatic carbocycles. The Bertz CT molecular complexity index is 362. The molecule has 1 atom stereocenters. The molecule has 0 aliphatic heterocycles. The molecule has 0 aromatic rings. The lowest BCUT2D eigenvalue weighted by Crippen LogP contribution is -2.23. The van der Waals surface area contributed by atoms with Gasteiger partial charge in [0, 0.05) is 0 Å². The molecule has 0 saturated carbocycles. The maximum atomic E-state index is 11.3. The van der Waals surface area contributed by atoms with E-state index < -0.39 is 17.5 Å². The summed E-state index contributed by atoms with van der Waals surface area (Å²) >= 11 is 0. The van der Waals surface area contributed by atoms with Crippen molar-refractivity contribution in [3.8, 4) is 0 Å². The Morgan fingerprint density at radius 2 is 1.30 bits per heavy atom. The van der Waals surface area contributed by atoms with Crippen molar-refractivity contribution in [2.45, 2.75) is 54.4 Å². The fraction of sp³-hybridized carbons (Fsp3) is 0.750. The first-order valence-electron chi connectivity index (χ1n) is 7.27. The average molecular weight is 284 g/mol. The molecule has 116 valence electrons. The van der Waals surface area contributed by atoms with Crippen LogP contribution in [0.1, 0.15) is 54.4 Å². The van der Waals surface area contributed by atoms with Gasteiger partial charge in [0.15, 0.2) is 0 Å². The lowest BCUT2D eigenvalue weighted by atomic mass is 9.77. The first-order valence-corrected chi connectivity index (χ1v) is 7.27. The Kier molecular flexibility index (Phi) is 7.54. The minimum absolute atomic E-state index is 0.000370. The standard InChI is InChI=1S/C16H28O4/c1-9(2)7-12(11(5)6)13(8-10(3)4)14(15(17)18)16(19)20/h9-12H,7-8H2,1-6H3,(H,17,18)(H,19,20). The highest BCUT2D eigenvalue weighted by Crippen LogP contribution is 2.34. The van der Waals surface area contributed by atoms with Crippen LogP contribution < -0.4 is 0 Å². The van der Waals surface area contributed by atoms with E-state index in [4.69, 9.17) is 0 Å². The summed E-state index contributed by atoms with van der Waals surface area (Å²) in [6.45, 7) is 12.2. The molecule has 20 heavy (non-hydrogen) atoms. The van der Waals surface area contributed by atoms with Gasteiger partial charge in [-0.05, 0) is 42.1 Å². The molecule has 0 radical (unpaired) electrons. The second-order valence-corrected chi connectivity index (χ2v) is 6.59. The van der Waals surface area contributed by atoms with Crippen molar-refractivity contribution in [1.29, 1.82) is 0 Å². The van der Waals surface area contributed by atoms with Gasteiger partial charge in [-0.1, -0.05) is 41.5 Å². The maximum absolute atomic E-state index is 11.3. The van der Waals surface area contributed by atoms with Gasteiger partial charge in [-0.2, -0.15) is 0 Å². The van der Waals surface area contributed by atoms with E-state index >= 15 is 0 Å². The Morgan fingerprint density at radius 3 is 1.55 bits per heavy atom. The van der Waals surface area contributed by atoms with Crippen LogP contribution in [-0.4, -0.2) is 22.2 Å². The van der Waals surface area contributed by atoms with E-state index in [0.717, 1.165) is 6.42 Å². The Hall–Kier alpha value is -1.32. The van der Waals surface area contributed by atoms with Crippen LogP contribution in [-0.2, 0) is 9.59 Å². The fourth-order valence-electron chi connectivity index (χ4n) is 2.57. The summed E-state index contributed by atoms with van der Waals surface area (Å²) in [5.74, 6) is -1.81. The minimum Gasteiger partial charge on any atom is -0.477 e. The number of allylic oxidation sites excluding steroid dienone is 1. The highest BCUT2D eigenvalue weighted by Gasteiger charge is 2.29. The van der Waals surface area contributed by atoms with Gasteiger partial charge in [-0.15, -0.1) is 0 Å². The quantitative estimate of drug-likeness (QED) is 0.404. The van der Waals surface area contributed by atoms with E-state index in [2.05, 4.69) is 13.8 Å². The first kappa shape index (κ1) is 18.7. The van der Waals surface area contributed by atoms with E-state index in [-0.39, 0.29) is 17.8 Å². The van der Waals surface area contributed by atoms with Gasteiger partial charge in [0.2, 0.25) is 0 Å². The van der Waals surface area contributed by atoms with Crippen molar-refractivity contribution in [1.82, 2.24) is 0 Å². The Morgan fingerprint density at radius 1 is 0.850 bits per heavy atom. The number of rotatable bonds is 8. The molecule has 0 spiro atoms. The SMILES string of the molecule is CC(C)CC(=C(C(=O)O)C(=O)O)C(CC(C)C)C(C)C. The van der Waals surface area contributed by atoms with E-state index in [9.17, 15) is 19.8 Å². The molecule has 0 amide bonds. The van der Waals surface area contributed by atoms with Gasteiger partial charge in [-0.25, -0.2) is 9.59 Å². The van der Waals surface area contributed by atoms with Gasteiger partial charge in [0.25, 0.3) is 0 Å². The summed E-state index contributed by atoms with van der Waals surface area (Å²) in [7, 11) is 0. The molecule has 0 saturated heterocycles. The van der Waals surface area contributed by atoms with Crippen LogP contribution >= 0.6 is 0 Å². The number of carboxylic acid groups (broad SMARTS) is 2. The van der Waals surface area contributed by atoms with Crippen LogP contribution in [0.2, 0.25) is 0 Å². The molecule has 0 aliphatic rings. The van der Waals surface area contributed by atoms with Crippen molar-refractivity contribution in [3.05, 3.63) is 11.1 Å². The smallest absolute Gasteiger partial charge is 0.343 e. The van der Waals surface area contributed by atoms with E-state index in [0.29, 0.717) is 17.9 Å². The van der Waals surface area contributed by atoms with Crippen molar-refractivity contribution in [2.24, 2.45) is 23.7 Å². The summed E-state index contributed by atoms with van der Waals surface area (Å²) in [6.07, 6.45) is 1.33. The Labute approximate surface area is 121 Å². The van der Waals surface area contributed by atoms with Gasteiger partial charge >= 0.3 is 11.9 Å². The highest BCUT2D eigenvalue weighted by atomic mass is 16.4. The molecule has 2 N–H and O–H groups in total. The number of hydrogen-bond acceptors (Lipinski definition) is 2. The molecule has 0 bridgehead atoms. The van der Waals surface area contributed by atoms with Crippen LogP contribution in [0.5, 0.6) is 0 Å². The van der Waals surface area contributed by atoms with Crippen LogP contribution in [0.25, 0.3) is 0 Å². The van der Waals surface area contributed by atoms with Crippen LogP contribution in [0.3, 0.4) is 0 Å². The third-order valence-electron chi connectivity index (χ3n) is 3.35. The van der Waals surface area contributed by atoms with Crippen molar-refractivity contribution >= 4 is 11.9 Å². The number of aliphatic carboxylic acids is 2. The molecule has 0 aliphatic carbocycles. The minimum atomic E-state index is -1.33. The highest BCUT2D eigenvalue weighted by molar-refractivity contribution is 6.13. The van der Waals surface area contributed by atoms with E-state index in [1.165, 1.54) is 0 Å². The zero-order valence-corrected chi connectivity index (χ0v) is 13.4. The Balaban J connectivity index is 5.88. The summed E-state index contributed by atoms with van der Waals surface area (Å²) in [4.78, 5) is 22.7. The number of hydrogen-bond donors (Lipinski definition) is 2. The molecular formula is C16H28O4. The molecule has 0 heterocycles. The number of carbonyl (C=O) groups is 2. The molecule has 0 fully saturated rings. The van der Waals surface area contributed by atoms with Crippen LogP contribution in [0.4, 0.5) is 0 Å². The summed E-state index contributed by atoms with van der Waals surface area (Å²) < 4.78 is 0. The van der Waals surface area contributed by atoms with Gasteiger partial charge in [-0.3, -0.25) is 0 Å². The lowest BCUT2D eigenvalue weighted by molar-refractivity contribution is -0.140. The molecule has 4 heteroatoms. The molecule has 1 unspecified atom stereocenters. The van der Waals surface area contributed by atoms with Crippen molar-refractivity contribution in [2.75, 3.05) is 0 Å². The maximum Gasteiger partial charge on any atom is 0.343 e. The van der Waals surface area contributed by atoms with Gasteiger partial charge in [0.1, 0.15) is 5.57 Å². The second kappa shape index (κ2) is 8.08. The molecular weight excluding hydrogens is 256 g/mol. The van der Waals surface area contributed by atoms with E-state index in [1.807, 2.05) is 27.7 Å². The summed E-state index contributed by atoms with van der Waals surface area (Å²) in [6, 6.07) is 0. The lowest BCUT2D eigenvalue weighted by Gasteiger charge is -2.28. The summed E-state index contributed by atoms with van der Waals surface area (Å²) in [5.41, 5.74) is 0.154. The van der Waals surface area contributed by atoms with Crippen LogP contribution in [0, 0.1) is 23.7 Å². The van der Waals surface area contributed by atoms with Crippen LogP contribution in [0.15, 0.2) is 11.1 Å². The topological polar surface area (TPSA) is 74.6 Å². The molecule has 0 rings (SSSR count). The van der Waals surface area contributed by atoms with Gasteiger partial charge < -0.3 is 10.2 Å². The third-order valence-corrected chi connectivity index (χ3v) is 3.35. The third kappa shape index (κ3) is 5.76. The van der Waals surface area contributed by atoms with Crippen molar-refractivity contribution < 1.29 is 19.8 Å². The predicted octanol–water partition coefficient (Wildman–Crippen LogP) is 3.82. The molecule has 4 nitrogen and oxygen atoms in total. The normalized spacial score (nSPS) is 12.8. The van der Waals surface area contributed by atoms with Crippen molar-refractivity contribution in [3.63, 3.8) is 0 Å². The zero-order chi connectivity index (χ0) is 16.0. The van der Waals surface area contributed by atoms with Gasteiger partial charge in [0.05, 0.1) is 0 Å². The zero-order valence-electron chi connectivity index (χ0n) is 13.4. The fourth-order valence-corrected chi connectivity index (χ4v) is 2.57. The molecule has 0 aromatic heterocycles. The average Bonchev–Trinajstić information content (AvgIpc) is 2.22. The predicted molar refractivity (Wildman–Crippen MR) is 79.5 cm³/mol. The first-order chi connectivity index (χ1) is 9.07. The monoisotopic (exact) mass is 284 g/mol. The second-order valence-electron chi connectivity index (χ2n) is 6.59. The summed E-state index contributed by atoms with van der Waals surface area (Å²) in [5, 5.41) is 18.5. The van der Waals surface area contributed by atoms with E-state index in [1.54, 1.807) is 0 Å².